The van der Waals surface area contributed by atoms with E-state index in [2.05, 4.69) is 0 Å². The van der Waals surface area contributed by atoms with Gasteiger partial charge in [-0.15, -0.1) is 0 Å². The molecule has 0 saturated carbocycles. The number of ether oxygens (including phenoxy) is 2. The number of aliphatic hydroxyl groups is 1. The summed E-state index contributed by atoms with van der Waals surface area (Å²) in [6.45, 7) is -0.993. The highest BCUT2D eigenvalue weighted by Gasteiger charge is 2.55. The SMILES string of the molecule is COc1cc(S(=O)(=O)N2C[C@H](CNC(=O)C(C)(O)C(F)(F)F)Oc3ccc(-c4cc(F)ccc4F)cc32)ccc1F. The van der Waals surface area contributed by atoms with Crippen molar-refractivity contribution in [1.29, 1.82) is 0 Å². The monoisotopic (exact) mass is 604 g/mol. The van der Waals surface area contributed by atoms with Crippen molar-refractivity contribution in [3.8, 4) is 22.6 Å². The van der Waals surface area contributed by atoms with E-state index in [1.54, 1.807) is 0 Å². The lowest BCUT2D eigenvalue weighted by Gasteiger charge is -2.36. The number of alkyl halides is 3. The first-order chi connectivity index (χ1) is 19.1. The third kappa shape index (κ3) is 5.77. The average molecular weight is 605 g/mol. The van der Waals surface area contributed by atoms with E-state index < -0.39 is 75.0 Å². The zero-order valence-corrected chi connectivity index (χ0v) is 22.1. The Balaban J connectivity index is 1.76. The molecule has 0 radical (unpaired) electrons. The molecule has 1 unspecified atom stereocenters. The fraction of sp³-hybridized carbons (Fsp3) is 0.269. The smallest absolute Gasteiger partial charge is 0.426 e. The summed E-state index contributed by atoms with van der Waals surface area (Å²) in [6, 6.07) is 9.14. The Morgan fingerprint density at radius 1 is 1.07 bits per heavy atom. The summed E-state index contributed by atoms with van der Waals surface area (Å²) < 4.78 is 120. The standard InChI is InChI=1S/C26H22F6N2O6S/c1-25(36,26(30,31)32)24(35)33-12-16-13-34(41(37,38)17-5-7-20(29)23(11-17)39-2)21-9-14(3-8-22(21)40-16)18-10-15(27)4-6-19(18)28/h3-11,16,36H,12-13H2,1-2H3,(H,33,35)/t16-,25?/m0/s1. The molecule has 1 aliphatic rings. The highest BCUT2D eigenvalue weighted by molar-refractivity contribution is 7.92. The van der Waals surface area contributed by atoms with Gasteiger partial charge >= 0.3 is 6.18 Å². The second-order valence-electron chi connectivity index (χ2n) is 9.16. The minimum atomic E-state index is -5.29. The number of methoxy groups -OCH3 is 1. The molecule has 1 heterocycles. The van der Waals surface area contributed by atoms with Gasteiger partial charge in [0.25, 0.3) is 15.9 Å². The summed E-state index contributed by atoms with van der Waals surface area (Å²) in [5.74, 6) is -4.74. The van der Waals surface area contributed by atoms with Crippen molar-refractivity contribution in [2.24, 2.45) is 0 Å². The summed E-state index contributed by atoms with van der Waals surface area (Å²) in [6.07, 6.45) is -6.57. The maximum Gasteiger partial charge on any atom is 0.426 e. The number of sulfonamides is 1. The number of amides is 1. The molecule has 0 aromatic heterocycles. The van der Waals surface area contributed by atoms with E-state index in [-0.39, 0.29) is 29.5 Å². The lowest BCUT2D eigenvalue weighted by Crippen LogP contribution is -2.57. The highest BCUT2D eigenvalue weighted by Crippen LogP contribution is 2.41. The van der Waals surface area contributed by atoms with Crippen LogP contribution in [0, 0.1) is 17.5 Å². The van der Waals surface area contributed by atoms with Crippen molar-refractivity contribution in [2.45, 2.75) is 29.7 Å². The Hall–Kier alpha value is -3.98. The number of hydrogen-bond acceptors (Lipinski definition) is 6. The number of carbonyl (C=O) groups excluding carboxylic acids is 1. The zero-order chi connectivity index (χ0) is 30.3. The topological polar surface area (TPSA) is 105 Å². The summed E-state index contributed by atoms with van der Waals surface area (Å²) in [7, 11) is -3.45. The summed E-state index contributed by atoms with van der Waals surface area (Å²) in [5.41, 5.74) is -4.02. The lowest BCUT2D eigenvalue weighted by atomic mass is 10.0. The quantitative estimate of drug-likeness (QED) is 0.393. The first-order valence-corrected chi connectivity index (χ1v) is 13.2. The van der Waals surface area contributed by atoms with E-state index in [0.717, 1.165) is 47.8 Å². The molecule has 3 aromatic carbocycles. The Bertz CT molecular complexity index is 1600. The summed E-state index contributed by atoms with van der Waals surface area (Å²) in [5, 5.41) is 11.5. The minimum absolute atomic E-state index is 0.0641. The van der Waals surface area contributed by atoms with Gasteiger partial charge in [0.1, 0.15) is 23.5 Å². The van der Waals surface area contributed by atoms with Crippen molar-refractivity contribution in [3.05, 3.63) is 72.0 Å². The van der Waals surface area contributed by atoms with Crippen molar-refractivity contribution in [3.63, 3.8) is 0 Å². The molecule has 1 aliphatic heterocycles. The van der Waals surface area contributed by atoms with Gasteiger partial charge in [-0.05, 0) is 55.0 Å². The number of nitrogens with zero attached hydrogens (tertiary/aromatic N) is 1. The average Bonchev–Trinajstić information content (AvgIpc) is 2.91. The zero-order valence-electron chi connectivity index (χ0n) is 21.3. The van der Waals surface area contributed by atoms with Crippen LogP contribution in [0.2, 0.25) is 0 Å². The number of halogens is 6. The van der Waals surface area contributed by atoms with Crippen molar-refractivity contribution >= 4 is 21.6 Å². The maximum atomic E-state index is 14.5. The predicted molar refractivity (Wildman–Crippen MR) is 133 cm³/mol. The first-order valence-electron chi connectivity index (χ1n) is 11.8. The second kappa shape index (κ2) is 10.8. The number of hydrogen-bond donors (Lipinski definition) is 2. The van der Waals surface area contributed by atoms with Gasteiger partial charge in [-0.2, -0.15) is 13.2 Å². The van der Waals surface area contributed by atoms with Crippen LogP contribution in [-0.2, 0) is 14.8 Å². The van der Waals surface area contributed by atoms with Crippen molar-refractivity contribution < 1.29 is 54.1 Å². The van der Waals surface area contributed by atoms with Crippen LogP contribution in [0.15, 0.2) is 59.5 Å². The van der Waals surface area contributed by atoms with E-state index in [0.29, 0.717) is 0 Å². The van der Waals surface area contributed by atoms with E-state index in [1.807, 2.05) is 5.32 Å². The van der Waals surface area contributed by atoms with Crippen LogP contribution in [0.3, 0.4) is 0 Å². The number of carbonyl (C=O) groups is 1. The van der Waals surface area contributed by atoms with Crippen LogP contribution >= 0.6 is 0 Å². The van der Waals surface area contributed by atoms with Crippen LogP contribution in [0.5, 0.6) is 11.5 Å². The van der Waals surface area contributed by atoms with Crippen molar-refractivity contribution in [2.75, 3.05) is 24.5 Å². The molecule has 220 valence electrons. The normalized spacial score (nSPS) is 16.8. The molecule has 0 bridgehead atoms. The van der Waals surface area contributed by atoms with Crippen LogP contribution in [0.4, 0.5) is 32.0 Å². The molecular formula is C26H22F6N2O6S. The van der Waals surface area contributed by atoms with Gasteiger partial charge in [-0.3, -0.25) is 9.10 Å². The number of nitrogens with one attached hydrogen (secondary N) is 1. The van der Waals surface area contributed by atoms with Crippen LogP contribution < -0.4 is 19.1 Å². The molecule has 15 heteroatoms. The largest absolute Gasteiger partial charge is 0.494 e. The highest BCUT2D eigenvalue weighted by atomic mass is 32.2. The molecule has 3 aromatic rings. The Morgan fingerprint density at radius 3 is 2.41 bits per heavy atom. The van der Waals surface area contributed by atoms with Crippen LogP contribution in [-0.4, -0.2) is 57.5 Å². The number of rotatable bonds is 7. The first kappa shape index (κ1) is 30.0. The fourth-order valence-electron chi connectivity index (χ4n) is 3.97. The molecular weight excluding hydrogens is 582 g/mol. The molecule has 0 saturated heterocycles. The fourth-order valence-corrected chi connectivity index (χ4v) is 5.48. The maximum absolute atomic E-state index is 14.5. The van der Waals surface area contributed by atoms with E-state index >= 15 is 0 Å². The van der Waals surface area contributed by atoms with Gasteiger partial charge in [0, 0.05) is 11.6 Å². The van der Waals surface area contributed by atoms with Crippen molar-refractivity contribution in [1.82, 2.24) is 5.32 Å². The van der Waals surface area contributed by atoms with Gasteiger partial charge < -0.3 is 19.9 Å². The molecule has 2 N–H and O–H groups in total. The Labute approximate surface area is 230 Å². The molecule has 0 spiro atoms. The van der Waals surface area contributed by atoms with E-state index in [4.69, 9.17) is 9.47 Å². The molecule has 41 heavy (non-hydrogen) atoms. The second-order valence-corrected chi connectivity index (χ2v) is 11.0. The van der Waals surface area contributed by atoms with Gasteiger partial charge in [0.05, 0.1) is 30.8 Å². The third-order valence-corrected chi connectivity index (χ3v) is 8.10. The van der Waals surface area contributed by atoms with E-state index in [1.165, 1.54) is 18.2 Å². The van der Waals surface area contributed by atoms with Gasteiger partial charge in [-0.25, -0.2) is 21.6 Å². The van der Waals surface area contributed by atoms with Crippen LogP contribution in [0.1, 0.15) is 6.92 Å². The van der Waals surface area contributed by atoms with Gasteiger partial charge in [0.15, 0.2) is 11.6 Å². The van der Waals surface area contributed by atoms with E-state index in [9.17, 15) is 44.7 Å². The molecule has 1 amide bonds. The molecule has 2 atom stereocenters. The minimum Gasteiger partial charge on any atom is -0.494 e. The van der Waals surface area contributed by atoms with Gasteiger partial charge in [-0.1, -0.05) is 6.07 Å². The predicted octanol–water partition coefficient (Wildman–Crippen LogP) is 4.17. The number of benzene rings is 3. The number of fused-ring (bicyclic) bond motifs is 1. The molecule has 4 rings (SSSR count). The lowest BCUT2D eigenvalue weighted by molar-refractivity contribution is -0.245. The summed E-state index contributed by atoms with van der Waals surface area (Å²) >= 11 is 0. The third-order valence-electron chi connectivity index (χ3n) is 6.33. The Kier molecular flexibility index (Phi) is 7.88. The van der Waals surface area contributed by atoms with Crippen LogP contribution in [0.25, 0.3) is 11.1 Å². The van der Waals surface area contributed by atoms with Gasteiger partial charge in [0.2, 0.25) is 5.60 Å². The summed E-state index contributed by atoms with van der Waals surface area (Å²) in [4.78, 5) is 11.6. The number of anilines is 1. The molecule has 8 nitrogen and oxygen atoms in total. The Morgan fingerprint density at radius 2 is 1.76 bits per heavy atom. The molecule has 0 fully saturated rings. The molecule has 0 aliphatic carbocycles.